The first-order valence-electron chi connectivity index (χ1n) is 7.80. The fourth-order valence-corrected chi connectivity index (χ4v) is 2.28. The highest BCUT2D eigenvalue weighted by molar-refractivity contribution is 6.02. The van der Waals surface area contributed by atoms with Gasteiger partial charge in [0.2, 0.25) is 5.95 Å². The zero-order valence-corrected chi connectivity index (χ0v) is 13.7. The van der Waals surface area contributed by atoms with E-state index in [0.29, 0.717) is 18.2 Å². The van der Waals surface area contributed by atoms with Crippen LogP contribution in [0, 0.1) is 12.7 Å². The van der Waals surface area contributed by atoms with Crippen molar-refractivity contribution in [2.75, 3.05) is 10.6 Å². The summed E-state index contributed by atoms with van der Waals surface area (Å²) in [4.78, 5) is 20.6. The summed E-state index contributed by atoms with van der Waals surface area (Å²) in [5.74, 6) is -0.370. The van der Waals surface area contributed by atoms with Crippen molar-refractivity contribution in [3.63, 3.8) is 0 Å². The third-order valence-corrected chi connectivity index (χ3v) is 3.69. The number of rotatable bonds is 5. The van der Waals surface area contributed by atoms with Crippen molar-refractivity contribution in [1.29, 1.82) is 0 Å². The number of carbonyl (C=O) groups excluding carboxylic acids is 1. The van der Waals surface area contributed by atoms with E-state index in [2.05, 4.69) is 20.6 Å². The smallest absolute Gasteiger partial charge is 0.274 e. The third kappa shape index (κ3) is 4.38. The minimum absolute atomic E-state index is 0.228. The molecule has 6 heteroatoms. The van der Waals surface area contributed by atoms with E-state index in [1.54, 1.807) is 0 Å². The van der Waals surface area contributed by atoms with E-state index in [9.17, 15) is 9.18 Å². The number of anilines is 2. The van der Waals surface area contributed by atoms with Gasteiger partial charge in [-0.15, -0.1) is 0 Å². The molecule has 0 aliphatic heterocycles. The van der Waals surface area contributed by atoms with Crippen LogP contribution < -0.4 is 10.6 Å². The lowest BCUT2D eigenvalue weighted by Crippen LogP contribution is -2.15. The molecule has 0 saturated carbocycles. The van der Waals surface area contributed by atoms with Gasteiger partial charge in [-0.3, -0.25) is 4.79 Å². The number of aryl methyl sites for hydroxylation is 1. The van der Waals surface area contributed by atoms with Gasteiger partial charge in [0.1, 0.15) is 11.5 Å². The SMILES string of the molecule is Cc1ccccc1CNc1nccc(C(=O)Nc2ccc(F)cc2)n1. The summed E-state index contributed by atoms with van der Waals surface area (Å²) in [5.41, 5.74) is 3.03. The van der Waals surface area contributed by atoms with Gasteiger partial charge in [-0.2, -0.15) is 0 Å². The van der Waals surface area contributed by atoms with Gasteiger partial charge >= 0.3 is 0 Å². The van der Waals surface area contributed by atoms with E-state index >= 15 is 0 Å². The molecule has 2 aromatic carbocycles. The molecule has 0 fully saturated rings. The summed E-state index contributed by atoms with van der Waals surface area (Å²) in [7, 11) is 0. The van der Waals surface area contributed by atoms with Crippen LogP contribution in [0.2, 0.25) is 0 Å². The molecule has 0 saturated heterocycles. The Morgan fingerprint density at radius 3 is 2.60 bits per heavy atom. The average molecular weight is 336 g/mol. The maximum atomic E-state index is 12.9. The number of carbonyl (C=O) groups is 1. The highest BCUT2D eigenvalue weighted by Crippen LogP contribution is 2.12. The van der Waals surface area contributed by atoms with Crippen molar-refractivity contribution in [2.24, 2.45) is 0 Å². The molecule has 1 amide bonds. The second kappa shape index (κ2) is 7.53. The third-order valence-electron chi connectivity index (χ3n) is 3.69. The van der Waals surface area contributed by atoms with E-state index in [4.69, 9.17) is 0 Å². The highest BCUT2D eigenvalue weighted by atomic mass is 19.1. The number of halogens is 1. The number of hydrogen-bond acceptors (Lipinski definition) is 4. The summed E-state index contributed by atoms with van der Waals surface area (Å²) in [6.45, 7) is 2.60. The number of hydrogen-bond donors (Lipinski definition) is 2. The Morgan fingerprint density at radius 1 is 1.08 bits per heavy atom. The van der Waals surface area contributed by atoms with Gasteiger partial charge in [-0.25, -0.2) is 14.4 Å². The molecular formula is C19H17FN4O. The lowest BCUT2D eigenvalue weighted by molar-refractivity contribution is 0.102. The molecule has 0 aliphatic rings. The first kappa shape index (κ1) is 16.6. The van der Waals surface area contributed by atoms with Crippen molar-refractivity contribution in [3.05, 3.63) is 83.4 Å². The van der Waals surface area contributed by atoms with Crippen LogP contribution in [-0.4, -0.2) is 15.9 Å². The molecule has 126 valence electrons. The van der Waals surface area contributed by atoms with Crippen LogP contribution in [0.25, 0.3) is 0 Å². The lowest BCUT2D eigenvalue weighted by atomic mass is 10.1. The Balaban J connectivity index is 1.67. The van der Waals surface area contributed by atoms with Crippen LogP contribution >= 0.6 is 0 Å². The molecule has 0 spiro atoms. The molecule has 3 aromatic rings. The van der Waals surface area contributed by atoms with Crippen molar-refractivity contribution in [3.8, 4) is 0 Å². The van der Waals surface area contributed by atoms with Gasteiger partial charge < -0.3 is 10.6 Å². The summed E-state index contributed by atoms with van der Waals surface area (Å²) in [5, 5.41) is 5.79. The van der Waals surface area contributed by atoms with E-state index in [1.165, 1.54) is 42.1 Å². The molecule has 25 heavy (non-hydrogen) atoms. The highest BCUT2D eigenvalue weighted by Gasteiger charge is 2.09. The van der Waals surface area contributed by atoms with Gasteiger partial charge in [0, 0.05) is 18.4 Å². The van der Waals surface area contributed by atoms with Gasteiger partial charge in [-0.05, 0) is 48.4 Å². The number of amides is 1. The van der Waals surface area contributed by atoms with E-state index < -0.39 is 0 Å². The zero-order chi connectivity index (χ0) is 17.6. The monoisotopic (exact) mass is 336 g/mol. The molecule has 2 N–H and O–H groups in total. The second-order valence-electron chi connectivity index (χ2n) is 5.51. The average Bonchev–Trinajstić information content (AvgIpc) is 2.63. The van der Waals surface area contributed by atoms with Crippen LogP contribution in [0.1, 0.15) is 21.6 Å². The summed E-state index contributed by atoms with van der Waals surface area (Å²) in [6, 6.07) is 15.1. The largest absolute Gasteiger partial charge is 0.350 e. The van der Waals surface area contributed by atoms with Crippen molar-refractivity contribution in [1.82, 2.24) is 9.97 Å². The summed E-state index contributed by atoms with van der Waals surface area (Å²) < 4.78 is 12.9. The maximum absolute atomic E-state index is 12.9. The molecule has 0 unspecified atom stereocenters. The van der Waals surface area contributed by atoms with Crippen LogP contribution in [0.3, 0.4) is 0 Å². The quantitative estimate of drug-likeness (QED) is 0.744. The van der Waals surface area contributed by atoms with Gasteiger partial charge in [0.05, 0.1) is 0 Å². The van der Waals surface area contributed by atoms with Crippen LogP contribution in [0.5, 0.6) is 0 Å². The second-order valence-corrected chi connectivity index (χ2v) is 5.51. The molecular weight excluding hydrogens is 319 g/mol. The molecule has 0 radical (unpaired) electrons. The van der Waals surface area contributed by atoms with E-state index in [0.717, 1.165) is 5.56 Å². The Bertz CT molecular complexity index is 881. The standard InChI is InChI=1S/C19H17FN4O/c1-13-4-2-3-5-14(13)12-22-19-21-11-10-17(24-19)18(25)23-16-8-6-15(20)7-9-16/h2-11H,12H2,1H3,(H,23,25)(H,21,22,24). The van der Waals surface area contributed by atoms with Crippen molar-refractivity contribution < 1.29 is 9.18 Å². The van der Waals surface area contributed by atoms with Crippen LogP contribution in [-0.2, 0) is 6.54 Å². The summed E-state index contributed by atoms with van der Waals surface area (Å²) >= 11 is 0. The van der Waals surface area contributed by atoms with Gasteiger partial charge in [0.15, 0.2) is 0 Å². The lowest BCUT2D eigenvalue weighted by Gasteiger charge is -2.09. The Kier molecular flexibility index (Phi) is 4.99. The fraction of sp³-hybridized carbons (Fsp3) is 0.105. The molecule has 5 nitrogen and oxygen atoms in total. The van der Waals surface area contributed by atoms with E-state index in [-0.39, 0.29) is 17.4 Å². The molecule has 0 aliphatic carbocycles. The molecule has 3 rings (SSSR count). The molecule has 1 aromatic heterocycles. The Hall–Kier alpha value is -3.28. The zero-order valence-electron chi connectivity index (χ0n) is 13.7. The van der Waals surface area contributed by atoms with Crippen molar-refractivity contribution >= 4 is 17.5 Å². The van der Waals surface area contributed by atoms with E-state index in [1.807, 2.05) is 31.2 Å². The maximum Gasteiger partial charge on any atom is 0.274 e. The molecule has 0 bridgehead atoms. The minimum Gasteiger partial charge on any atom is -0.350 e. The predicted molar refractivity (Wildman–Crippen MR) is 94.9 cm³/mol. The minimum atomic E-state index is -0.382. The Labute approximate surface area is 145 Å². The summed E-state index contributed by atoms with van der Waals surface area (Å²) in [6.07, 6.45) is 1.52. The molecule has 1 heterocycles. The fourth-order valence-electron chi connectivity index (χ4n) is 2.28. The van der Waals surface area contributed by atoms with Gasteiger partial charge in [0.25, 0.3) is 5.91 Å². The first-order chi connectivity index (χ1) is 12.1. The Morgan fingerprint density at radius 2 is 1.84 bits per heavy atom. The predicted octanol–water partition coefficient (Wildman–Crippen LogP) is 3.79. The normalized spacial score (nSPS) is 10.3. The number of nitrogens with one attached hydrogen (secondary N) is 2. The number of aromatic nitrogens is 2. The number of nitrogens with zero attached hydrogens (tertiary/aromatic N) is 2. The van der Waals surface area contributed by atoms with Crippen LogP contribution in [0.4, 0.5) is 16.0 Å². The molecule has 0 atom stereocenters. The van der Waals surface area contributed by atoms with Crippen LogP contribution in [0.15, 0.2) is 60.8 Å². The topological polar surface area (TPSA) is 66.9 Å². The number of benzene rings is 2. The first-order valence-corrected chi connectivity index (χ1v) is 7.80. The van der Waals surface area contributed by atoms with Crippen molar-refractivity contribution in [2.45, 2.75) is 13.5 Å². The van der Waals surface area contributed by atoms with Gasteiger partial charge in [-0.1, -0.05) is 24.3 Å².